The minimum Gasteiger partial charge on any atom is -0.256 e. The van der Waals surface area contributed by atoms with Gasteiger partial charge in [0.2, 0.25) is 0 Å². The van der Waals surface area contributed by atoms with Crippen LogP contribution in [0.15, 0.2) is 54.2 Å². The molecular weight excluding hydrogens is 366 g/mol. The fraction of sp³-hybridized carbons (Fsp3) is 0. The average molecular weight is 375 g/mol. The van der Waals surface area contributed by atoms with Gasteiger partial charge in [0.25, 0.3) is 0 Å². The van der Waals surface area contributed by atoms with Gasteiger partial charge in [-0.15, -0.1) is 11.3 Å². The van der Waals surface area contributed by atoms with Gasteiger partial charge in [0.05, 0.1) is 31.5 Å². The Balaban J connectivity index is 1.94. The summed E-state index contributed by atoms with van der Waals surface area (Å²) in [5.41, 5.74) is 5.92. The molecule has 0 aliphatic heterocycles. The predicted octanol–water partition coefficient (Wildman–Crippen LogP) is 6.47. The topological polar surface area (TPSA) is 25.8 Å². The number of aromatic nitrogens is 2. The third kappa shape index (κ3) is 2.67. The minimum atomic E-state index is -0.547. The lowest BCUT2D eigenvalue weighted by Gasteiger charge is -2.11. The number of pyridine rings is 1. The lowest BCUT2D eigenvalue weighted by molar-refractivity contribution is 0.628. The molecule has 0 aliphatic carbocycles. The SMILES string of the molecule is Fc1cc(Cl)c(-c2ncccc2-c2ccc3ncsc3c2)cc1Cl. The van der Waals surface area contributed by atoms with E-state index in [1.54, 1.807) is 17.5 Å². The van der Waals surface area contributed by atoms with E-state index >= 15 is 0 Å². The van der Waals surface area contributed by atoms with Crippen molar-refractivity contribution in [1.29, 1.82) is 0 Å². The molecule has 4 aromatic rings. The summed E-state index contributed by atoms with van der Waals surface area (Å²) in [5.74, 6) is -0.547. The maximum Gasteiger partial charge on any atom is 0.143 e. The number of hydrogen-bond donors (Lipinski definition) is 0. The zero-order valence-electron chi connectivity index (χ0n) is 12.1. The zero-order chi connectivity index (χ0) is 16.7. The number of halogens is 3. The molecule has 2 aromatic carbocycles. The van der Waals surface area contributed by atoms with E-state index in [9.17, 15) is 4.39 Å². The van der Waals surface area contributed by atoms with Gasteiger partial charge in [-0.1, -0.05) is 35.3 Å². The van der Waals surface area contributed by atoms with Crippen LogP contribution in [-0.2, 0) is 0 Å². The Morgan fingerprint density at radius 3 is 2.67 bits per heavy atom. The van der Waals surface area contributed by atoms with Gasteiger partial charge in [0.1, 0.15) is 5.82 Å². The fourth-order valence-corrected chi connectivity index (χ4v) is 3.70. The normalized spacial score (nSPS) is 11.1. The Morgan fingerprint density at radius 2 is 1.79 bits per heavy atom. The molecule has 118 valence electrons. The van der Waals surface area contributed by atoms with Gasteiger partial charge in [-0.25, -0.2) is 9.37 Å². The molecule has 0 unspecified atom stereocenters. The standard InChI is InChI=1S/C18H9Cl2FN2S/c19-13-8-15(21)14(20)7-12(13)18-11(2-1-5-22-18)10-3-4-16-17(6-10)24-9-23-16/h1-9H. The molecule has 0 radical (unpaired) electrons. The highest BCUT2D eigenvalue weighted by Gasteiger charge is 2.15. The van der Waals surface area contributed by atoms with Gasteiger partial charge in [0.15, 0.2) is 0 Å². The van der Waals surface area contributed by atoms with E-state index in [-0.39, 0.29) is 10.0 Å². The van der Waals surface area contributed by atoms with E-state index in [0.29, 0.717) is 11.3 Å². The number of fused-ring (bicyclic) bond motifs is 1. The molecule has 0 spiro atoms. The summed E-state index contributed by atoms with van der Waals surface area (Å²) in [7, 11) is 0. The van der Waals surface area contributed by atoms with Gasteiger partial charge in [-0.05, 0) is 35.9 Å². The van der Waals surface area contributed by atoms with Crippen LogP contribution < -0.4 is 0 Å². The maximum atomic E-state index is 13.6. The van der Waals surface area contributed by atoms with E-state index < -0.39 is 5.82 Å². The molecule has 0 amide bonds. The van der Waals surface area contributed by atoms with Crippen LogP contribution in [0.2, 0.25) is 10.0 Å². The lowest BCUT2D eigenvalue weighted by atomic mass is 9.99. The summed E-state index contributed by atoms with van der Waals surface area (Å²) in [5, 5.41) is 0.291. The largest absolute Gasteiger partial charge is 0.256 e. The Morgan fingerprint density at radius 1 is 0.917 bits per heavy atom. The molecule has 2 aromatic heterocycles. The first-order valence-electron chi connectivity index (χ1n) is 7.07. The predicted molar refractivity (Wildman–Crippen MR) is 98.3 cm³/mol. The molecule has 0 N–H and O–H groups in total. The smallest absolute Gasteiger partial charge is 0.143 e. The Bertz CT molecular complexity index is 1060. The van der Waals surface area contributed by atoms with Crippen molar-refractivity contribution in [2.45, 2.75) is 0 Å². The number of rotatable bonds is 2. The van der Waals surface area contributed by atoms with Crippen molar-refractivity contribution in [3.8, 4) is 22.4 Å². The second-order valence-electron chi connectivity index (χ2n) is 5.18. The summed E-state index contributed by atoms with van der Waals surface area (Å²) in [4.78, 5) is 8.74. The summed E-state index contributed by atoms with van der Waals surface area (Å²) in [6.07, 6.45) is 1.68. The minimum absolute atomic E-state index is 0.0175. The molecule has 0 saturated carbocycles. The average Bonchev–Trinajstić information content (AvgIpc) is 3.06. The summed E-state index contributed by atoms with van der Waals surface area (Å²) < 4.78 is 14.7. The molecule has 4 rings (SSSR count). The molecule has 0 aliphatic rings. The van der Waals surface area contributed by atoms with Crippen LogP contribution in [0.25, 0.3) is 32.6 Å². The number of benzene rings is 2. The molecular formula is C18H9Cl2FN2S. The first kappa shape index (κ1) is 15.5. The molecule has 0 fully saturated rings. The van der Waals surface area contributed by atoms with E-state index in [4.69, 9.17) is 23.2 Å². The first-order valence-corrected chi connectivity index (χ1v) is 8.70. The monoisotopic (exact) mass is 374 g/mol. The highest BCUT2D eigenvalue weighted by molar-refractivity contribution is 7.16. The molecule has 6 heteroatoms. The number of nitrogens with zero attached hydrogens (tertiary/aromatic N) is 2. The van der Waals surface area contributed by atoms with E-state index in [2.05, 4.69) is 16.0 Å². The number of thiazole rings is 1. The van der Waals surface area contributed by atoms with Gasteiger partial charge in [0, 0.05) is 17.3 Å². The summed E-state index contributed by atoms with van der Waals surface area (Å²) in [6, 6.07) is 12.6. The zero-order valence-corrected chi connectivity index (χ0v) is 14.5. The van der Waals surface area contributed by atoms with Crippen LogP contribution in [0.1, 0.15) is 0 Å². The van der Waals surface area contributed by atoms with Crippen LogP contribution in [0.3, 0.4) is 0 Å². The second-order valence-corrected chi connectivity index (χ2v) is 6.88. The highest BCUT2D eigenvalue weighted by Crippen LogP contribution is 2.37. The van der Waals surface area contributed by atoms with Gasteiger partial charge in [-0.3, -0.25) is 4.98 Å². The third-order valence-corrected chi connectivity index (χ3v) is 5.11. The van der Waals surface area contributed by atoms with E-state index in [1.807, 2.05) is 29.8 Å². The van der Waals surface area contributed by atoms with Crippen molar-refractivity contribution in [2.75, 3.05) is 0 Å². The van der Waals surface area contributed by atoms with Crippen LogP contribution >= 0.6 is 34.5 Å². The summed E-state index contributed by atoms with van der Waals surface area (Å²) >= 11 is 13.7. The van der Waals surface area contributed by atoms with Crippen molar-refractivity contribution < 1.29 is 4.39 Å². The Labute approximate surface area is 151 Å². The molecule has 2 nitrogen and oxygen atoms in total. The van der Waals surface area contributed by atoms with Crippen LogP contribution in [0, 0.1) is 5.82 Å². The van der Waals surface area contributed by atoms with E-state index in [0.717, 1.165) is 21.3 Å². The summed E-state index contributed by atoms with van der Waals surface area (Å²) in [6.45, 7) is 0. The van der Waals surface area contributed by atoms with Crippen LogP contribution in [0.4, 0.5) is 4.39 Å². The molecule has 24 heavy (non-hydrogen) atoms. The maximum absolute atomic E-state index is 13.6. The van der Waals surface area contributed by atoms with Crippen molar-refractivity contribution >= 4 is 44.8 Å². The van der Waals surface area contributed by atoms with Gasteiger partial charge >= 0.3 is 0 Å². The fourth-order valence-electron chi connectivity index (χ4n) is 2.58. The Hall–Kier alpha value is -2.01. The Kier molecular flexibility index (Phi) is 3.96. The molecule has 0 atom stereocenters. The molecule has 0 bridgehead atoms. The van der Waals surface area contributed by atoms with Crippen molar-refractivity contribution in [2.24, 2.45) is 0 Å². The third-order valence-electron chi connectivity index (χ3n) is 3.72. The first-order chi connectivity index (χ1) is 11.6. The second kappa shape index (κ2) is 6.13. The quantitative estimate of drug-likeness (QED) is 0.375. The van der Waals surface area contributed by atoms with E-state index in [1.165, 1.54) is 12.1 Å². The number of hydrogen-bond acceptors (Lipinski definition) is 3. The lowest BCUT2D eigenvalue weighted by Crippen LogP contribution is -1.91. The van der Waals surface area contributed by atoms with Crippen molar-refractivity contribution in [3.63, 3.8) is 0 Å². The van der Waals surface area contributed by atoms with Crippen LogP contribution in [0.5, 0.6) is 0 Å². The van der Waals surface area contributed by atoms with Gasteiger partial charge in [-0.2, -0.15) is 0 Å². The van der Waals surface area contributed by atoms with Crippen LogP contribution in [-0.4, -0.2) is 9.97 Å². The molecule has 2 heterocycles. The highest BCUT2D eigenvalue weighted by atomic mass is 35.5. The van der Waals surface area contributed by atoms with Crippen molar-refractivity contribution in [3.05, 3.63) is 70.0 Å². The van der Waals surface area contributed by atoms with Crippen molar-refractivity contribution in [1.82, 2.24) is 9.97 Å². The molecule has 0 saturated heterocycles. The van der Waals surface area contributed by atoms with Gasteiger partial charge < -0.3 is 0 Å².